The lowest BCUT2D eigenvalue weighted by molar-refractivity contribution is -0.496. The zero-order chi connectivity index (χ0) is 65.3. The summed E-state index contributed by atoms with van der Waals surface area (Å²) in [6.07, 6.45) is -11.2. The standard InChI is InChI=1S/C33H13F43N2O2/c1-8-3-4-10(77-7-79)5-11(8)12(80)78-9(2)6-13(34,35)14(36,37)15(38,39)16(40,41)17(42,43)18(44,45)19(46,47)20(48,49)21(50,51)22(52,53)23(54,55)24(56,57)25(58,59)26(60,61)27(62,63)28(64,65)29(66,67)30(68,69)31(70,71)32(72,73)33(74,75)76/h3-5,9H,6H2,1-2H3,(H,78,80). The zero-order valence-electron chi connectivity index (χ0n) is 36.0. The molecule has 0 radical (unpaired) electrons. The molecule has 1 unspecified atom stereocenters. The summed E-state index contributed by atoms with van der Waals surface area (Å²) in [5, 5.41) is 1.14. The molecule has 468 valence electrons. The van der Waals surface area contributed by atoms with Crippen LogP contribution in [0.25, 0.3) is 0 Å². The van der Waals surface area contributed by atoms with Gasteiger partial charge < -0.3 is 5.32 Å². The van der Waals surface area contributed by atoms with Crippen LogP contribution in [0.2, 0.25) is 0 Å². The summed E-state index contributed by atoms with van der Waals surface area (Å²) < 4.78 is 601. The number of rotatable bonds is 24. The molecule has 0 bridgehead atoms. The molecule has 4 nitrogen and oxygen atoms in total. The van der Waals surface area contributed by atoms with Gasteiger partial charge >= 0.3 is 125 Å². The van der Waals surface area contributed by atoms with Gasteiger partial charge in [-0.3, -0.25) is 4.79 Å². The second kappa shape index (κ2) is 19.3. The third kappa shape index (κ3) is 9.11. The molecule has 1 atom stereocenters. The molecule has 1 amide bonds. The molecule has 0 aliphatic rings. The van der Waals surface area contributed by atoms with Crippen LogP contribution in [0.4, 0.5) is 194 Å². The fourth-order valence-corrected chi connectivity index (χ4v) is 5.60. The Morgan fingerprint density at radius 1 is 0.388 bits per heavy atom. The summed E-state index contributed by atoms with van der Waals surface area (Å²) in [5.41, 5.74) is -1.79. The number of nitrogens with zero attached hydrogens (tertiary/aromatic N) is 1. The molecule has 0 saturated heterocycles. The maximum Gasteiger partial charge on any atom is 0.460 e. The van der Waals surface area contributed by atoms with Crippen LogP contribution in [-0.2, 0) is 4.79 Å². The predicted molar refractivity (Wildman–Crippen MR) is 166 cm³/mol. The summed E-state index contributed by atoms with van der Waals surface area (Å²) in [4.78, 5) is 25.7. The predicted octanol–water partition coefficient (Wildman–Crippen LogP) is 15.7. The molecule has 80 heavy (non-hydrogen) atoms. The average Bonchev–Trinajstić information content (AvgIpc) is 3.24. The normalized spacial score (nSPS) is 16.6. The third-order valence-corrected chi connectivity index (χ3v) is 10.5. The first kappa shape index (κ1) is 73.1. The van der Waals surface area contributed by atoms with Gasteiger partial charge in [-0.05, 0) is 31.5 Å². The zero-order valence-corrected chi connectivity index (χ0v) is 36.0. The highest BCUT2D eigenvalue weighted by Gasteiger charge is 3.03. The molecule has 1 aromatic carbocycles. The van der Waals surface area contributed by atoms with Crippen LogP contribution in [0.1, 0.15) is 29.3 Å². The van der Waals surface area contributed by atoms with Crippen molar-refractivity contribution in [1.82, 2.24) is 5.32 Å². The van der Waals surface area contributed by atoms with Gasteiger partial charge in [-0.25, -0.2) is 4.79 Å². The van der Waals surface area contributed by atoms with Gasteiger partial charge in [-0.2, -0.15) is 194 Å². The fourth-order valence-electron chi connectivity index (χ4n) is 5.60. The van der Waals surface area contributed by atoms with E-state index in [1.807, 2.05) is 0 Å². The molecule has 47 heteroatoms. The van der Waals surface area contributed by atoms with Crippen molar-refractivity contribution in [1.29, 1.82) is 0 Å². The van der Waals surface area contributed by atoms with E-state index in [0.29, 0.717) is 6.07 Å². The van der Waals surface area contributed by atoms with E-state index in [9.17, 15) is 198 Å². The number of hydrogen-bond donors (Lipinski definition) is 1. The molecule has 1 aromatic rings. The Labute approximate surface area is 407 Å². The molecule has 0 aliphatic carbocycles. The van der Waals surface area contributed by atoms with Crippen molar-refractivity contribution in [2.75, 3.05) is 0 Å². The Morgan fingerprint density at radius 2 is 0.600 bits per heavy atom. The van der Waals surface area contributed by atoms with E-state index >= 15 is 0 Å². The van der Waals surface area contributed by atoms with Gasteiger partial charge in [0.2, 0.25) is 6.08 Å². The van der Waals surface area contributed by atoms with E-state index in [1.54, 1.807) is 0 Å². The first-order valence-electron chi connectivity index (χ1n) is 18.3. The van der Waals surface area contributed by atoms with Crippen molar-refractivity contribution >= 4 is 17.7 Å². The third-order valence-electron chi connectivity index (χ3n) is 10.5. The molecule has 0 spiro atoms. The molecule has 0 fully saturated rings. The molecule has 1 rings (SSSR count). The molecule has 0 aromatic heterocycles. The smallest absolute Gasteiger partial charge is 0.349 e. The molecule has 0 saturated carbocycles. The number of nitrogens with one attached hydrogen (secondary N) is 1. The van der Waals surface area contributed by atoms with Crippen LogP contribution in [0.5, 0.6) is 0 Å². The number of isocyanates is 1. The minimum absolute atomic E-state index is 0.0676. The fraction of sp³-hybridized carbons (Fsp3) is 0.758. The van der Waals surface area contributed by atoms with Crippen LogP contribution in [0.3, 0.4) is 0 Å². The summed E-state index contributed by atoms with van der Waals surface area (Å²) in [6, 6.07) is -0.828. The lowest BCUT2D eigenvalue weighted by Gasteiger charge is -2.47. The Kier molecular flexibility index (Phi) is 17.6. The number of hydrogen-bond acceptors (Lipinski definition) is 3. The Balaban J connectivity index is 4.05. The van der Waals surface area contributed by atoms with Crippen LogP contribution in [0.15, 0.2) is 23.2 Å². The number of halogens is 43. The number of alkyl halides is 43. The number of aliphatic imine (C=N–C) groups is 1. The number of carbonyl (C=O) groups is 1. The molecular formula is C33H13F43N2O2. The minimum Gasteiger partial charge on any atom is -0.349 e. The molecule has 0 heterocycles. The lowest BCUT2D eigenvalue weighted by Crippen LogP contribution is -2.80. The summed E-state index contributed by atoms with van der Waals surface area (Å²) in [6.45, 7) is 0.843. The van der Waals surface area contributed by atoms with E-state index in [0.717, 1.165) is 30.5 Å². The Morgan fingerprint density at radius 3 is 0.812 bits per heavy atom. The van der Waals surface area contributed by atoms with E-state index in [2.05, 4.69) is 4.99 Å². The summed E-state index contributed by atoms with van der Waals surface area (Å²) in [5.74, 6) is -203. The van der Waals surface area contributed by atoms with Gasteiger partial charge in [0.1, 0.15) is 0 Å². The van der Waals surface area contributed by atoms with E-state index < -0.39 is 154 Å². The highest BCUT2D eigenvalue weighted by Crippen LogP contribution is 2.72. The van der Waals surface area contributed by atoms with Gasteiger partial charge in [0.15, 0.2) is 0 Å². The monoisotopic (exact) mass is 1290 g/mol. The maximum absolute atomic E-state index is 14.6. The molecule has 0 aliphatic heterocycles. The summed E-state index contributed by atoms with van der Waals surface area (Å²) >= 11 is 0. The van der Waals surface area contributed by atoms with Gasteiger partial charge in [-0.1, -0.05) is 6.07 Å². The quantitative estimate of drug-likeness (QED) is 0.0637. The number of benzene rings is 1. The van der Waals surface area contributed by atoms with Crippen LogP contribution >= 0.6 is 0 Å². The van der Waals surface area contributed by atoms with Crippen molar-refractivity contribution in [3.05, 3.63) is 29.3 Å². The van der Waals surface area contributed by atoms with Gasteiger partial charge in [0.05, 0.1) is 5.69 Å². The SMILES string of the molecule is Cc1ccc(N=C=O)cc1C(=O)NC(C)CC(F)(F)C(F)(F)C(F)(F)C(F)(F)C(F)(F)C(F)(F)C(F)(F)C(F)(F)C(F)(F)C(F)(F)C(F)(F)C(F)(F)C(F)(F)C(F)(F)C(F)(F)C(F)(F)C(F)(F)C(F)(F)C(F)(F)C(F)(F)C(F)(F)F. The average molecular weight is 1290 g/mol. The van der Waals surface area contributed by atoms with E-state index in [4.69, 9.17) is 0 Å². The van der Waals surface area contributed by atoms with Crippen LogP contribution < -0.4 is 5.32 Å². The van der Waals surface area contributed by atoms with Gasteiger partial charge in [0, 0.05) is 18.0 Å². The number of amides is 1. The van der Waals surface area contributed by atoms with Gasteiger partial charge in [-0.15, -0.1) is 0 Å². The van der Waals surface area contributed by atoms with Crippen LogP contribution in [-0.4, -0.2) is 143 Å². The topological polar surface area (TPSA) is 58.5 Å². The van der Waals surface area contributed by atoms with E-state index in [1.165, 1.54) is 0 Å². The highest BCUT2D eigenvalue weighted by molar-refractivity contribution is 5.96. The summed E-state index contributed by atoms with van der Waals surface area (Å²) in [7, 11) is 0. The highest BCUT2D eigenvalue weighted by atomic mass is 19.4. The van der Waals surface area contributed by atoms with Crippen molar-refractivity contribution in [3.8, 4) is 0 Å². The van der Waals surface area contributed by atoms with Gasteiger partial charge in [0.25, 0.3) is 5.91 Å². The molecule has 1 N–H and O–H groups in total. The van der Waals surface area contributed by atoms with E-state index in [-0.39, 0.29) is 12.5 Å². The Bertz CT molecular complexity index is 2500. The Hall–Kier alpha value is -4.94. The first-order chi connectivity index (χ1) is 34.2. The lowest BCUT2D eigenvalue weighted by atomic mass is 9.81. The van der Waals surface area contributed by atoms with Crippen LogP contribution in [0, 0.1) is 6.92 Å². The van der Waals surface area contributed by atoms with Crippen molar-refractivity contribution in [2.45, 2.75) is 151 Å². The van der Waals surface area contributed by atoms with Crippen molar-refractivity contribution in [3.63, 3.8) is 0 Å². The largest absolute Gasteiger partial charge is 0.460 e. The molecular weight excluding hydrogens is 1270 g/mol. The second-order valence-corrected chi connectivity index (χ2v) is 15.9. The first-order valence-corrected chi connectivity index (χ1v) is 18.3. The number of aryl methyl sites for hydroxylation is 1. The maximum atomic E-state index is 14.6. The number of carbonyl (C=O) groups excluding carboxylic acids is 2. The second-order valence-electron chi connectivity index (χ2n) is 15.9. The minimum atomic E-state index is -10.7. The van der Waals surface area contributed by atoms with Crippen molar-refractivity contribution in [2.24, 2.45) is 4.99 Å². The van der Waals surface area contributed by atoms with Crippen molar-refractivity contribution < 1.29 is 198 Å².